The van der Waals surface area contributed by atoms with Gasteiger partial charge in [-0.3, -0.25) is 5.14 Å². The van der Waals surface area contributed by atoms with Crippen LogP contribution in [0, 0.1) is 5.92 Å². The minimum atomic E-state index is 0.240. The Balaban J connectivity index is 2.83. The summed E-state index contributed by atoms with van der Waals surface area (Å²) in [6, 6.07) is 0. The average Bonchev–Trinajstić information content (AvgIpc) is 1.68. The Labute approximate surface area is 48.2 Å². The van der Waals surface area contributed by atoms with E-state index in [1.54, 1.807) is 0 Å². The van der Waals surface area contributed by atoms with Gasteiger partial charge in [-0.05, 0) is 5.92 Å². The Morgan fingerprint density at radius 3 is 2.57 bits per heavy atom. The van der Waals surface area contributed by atoms with Crippen LogP contribution in [-0.2, 0) is 0 Å². The summed E-state index contributed by atoms with van der Waals surface area (Å²) < 4.78 is 0. The Bertz CT molecular complexity index is 42.7. The first-order valence-corrected chi connectivity index (χ1v) is 3.28. The molecule has 7 heavy (non-hydrogen) atoms. The van der Waals surface area contributed by atoms with Gasteiger partial charge in [0, 0.05) is 12.4 Å². The fourth-order valence-corrected chi connectivity index (χ4v) is 0.651. The van der Waals surface area contributed by atoms with Crippen molar-refractivity contribution in [2.75, 3.05) is 12.4 Å². The third-order valence-electron chi connectivity index (χ3n) is 0.692. The fraction of sp³-hybridized carbons (Fsp3) is 1.00. The molecule has 0 fully saturated rings. The Hall–Kier alpha value is 0.270. The Kier molecular flexibility index (Phi) is 4.60. The van der Waals surface area contributed by atoms with E-state index in [1.165, 1.54) is 11.9 Å². The predicted octanol–water partition coefficient (Wildman–Crippen LogP) is 0.222. The normalized spacial score (nSPS) is 14.1. The Morgan fingerprint density at radius 1 is 1.86 bits per heavy atom. The van der Waals surface area contributed by atoms with Gasteiger partial charge in [0.15, 0.2) is 0 Å². The molecule has 0 aromatic heterocycles. The fourth-order valence-electron chi connectivity index (χ4n) is 0.217. The van der Waals surface area contributed by atoms with Gasteiger partial charge in [0.25, 0.3) is 0 Å². The van der Waals surface area contributed by atoms with E-state index in [1.807, 2.05) is 6.92 Å². The van der Waals surface area contributed by atoms with Gasteiger partial charge in [0.05, 0.1) is 0 Å². The van der Waals surface area contributed by atoms with Gasteiger partial charge in [-0.25, -0.2) is 0 Å². The molecule has 3 N–H and O–H groups in total. The van der Waals surface area contributed by atoms with E-state index in [0.29, 0.717) is 5.92 Å². The lowest BCUT2D eigenvalue weighted by atomic mass is 10.2. The van der Waals surface area contributed by atoms with Crippen LogP contribution in [0.2, 0.25) is 0 Å². The molecule has 0 aromatic carbocycles. The van der Waals surface area contributed by atoms with Crippen molar-refractivity contribution < 1.29 is 5.11 Å². The summed E-state index contributed by atoms with van der Waals surface area (Å²) in [5.74, 6) is 1.19. The van der Waals surface area contributed by atoms with Crippen LogP contribution in [-0.4, -0.2) is 17.5 Å². The molecule has 0 heterocycles. The van der Waals surface area contributed by atoms with E-state index in [2.05, 4.69) is 0 Å². The number of hydrogen-bond donors (Lipinski definition) is 2. The van der Waals surface area contributed by atoms with E-state index < -0.39 is 0 Å². The summed E-state index contributed by atoms with van der Waals surface area (Å²) in [5.41, 5.74) is 0. The van der Waals surface area contributed by atoms with Crippen molar-refractivity contribution in [1.82, 2.24) is 0 Å². The minimum absolute atomic E-state index is 0.240. The minimum Gasteiger partial charge on any atom is -0.396 e. The van der Waals surface area contributed by atoms with Crippen LogP contribution < -0.4 is 5.14 Å². The van der Waals surface area contributed by atoms with Crippen LogP contribution in [0.3, 0.4) is 0 Å². The number of nitrogens with two attached hydrogens (primary N) is 1. The molecule has 0 aliphatic heterocycles. The molecular weight excluding hydrogens is 110 g/mol. The Morgan fingerprint density at radius 2 is 2.43 bits per heavy atom. The van der Waals surface area contributed by atoms with Gasteiger partial charge < -0.3 is 5.11 Å². The summed E-state index contributed by atoms with van der Waals surface area (Å²) in [7, 11) is 0. The van der Waals surface area contributed by atoms with Gasteiger partial charge in [-0.2, -0.15) is 0 Å². The van der Waals surface area contributed by atoms with E-state index in [4.69, 9.17) is 10.2 Å². The molecule has 44 valence electrons. The molecule has 1 atom stereocenters. The second-order valence-electron chi connectivity index (χ2n) is 1.62. The predicted molar refractivity (Wildman–Crippen MR) is 32.9 cm³/mol. The van der Waals surface area contributed by atoms with Crippen molar-refractivity contribution in [3.05, 3.63) is 0 Å². The SMILES string of the molecule is CC(CO)CSN. The topological polar surface area (TPSA) is 46.2 Å². The van der Waals surface area contributed by atoms with Gasteiger partial charge in [0.2, 0.25) is 0 Å². The van der Waals surface area contributed by atoms with Crippen molar-refractivity contribution in [2.24, 2.45) is 11.1 Å². The molecule has 0 bridgehead atoms. The zero-order valence-electron chi connectivity index (χ0n) is 4.42. The number of aliphatic hydroxyl groups excluding tert-OH is 1. The van der Waals surface area contributed by atoms with Crippen LogP contribution >= 0.6 is 11.9 Å². The molecule has 0 saturated heterocycles. The van der Waals surface area contributed by atoms with Crippen molar-refractivity contribution in [3.8, 4) is 0 Å². The van der Waals surface area contributed by atoms with Gasteiger partial charge in [-0.15, -0.1) is 0 Å². The quantitative estimate of drug-likeness (QED) is 0.525. The molecule has 0 spiro atoms. The van der Waals surface area contributed by atoms with Crippen molar-refractivity contribution in [2.45, 2.75) is 6.92 Å². The van der Waals surface area contributed by atoms with Gasteiger partial charge in [-0.1, -0.05) is 18.9 Å². The largest absolute Gasteiger partial charge is 0.396 e. The number of hydrogen-bond acceptors (Lipinski definition) is 3. The molecule has 3 heteroatoms. The lowest BCUT2D eigenvalue weighted by Gasteiger charge is -2.01. The number of aliphatic hydroxyl groups is 1. The first-order chi connectivity index (χ1) is 3.31. The molecule has 1 unspecified atom stereocenters. The molecule has 0 aliphatic rings. The standard InChI is InChI=1S/C4H11NOS/c1-4(2-6)3-7-5/h4,6H,2-3,5H2,1H3. The van der Waals surface area contributed by atoms with Crippen LogP contribution in [0.25, 0.3) is 0 Å². The molecule has 0 radical (unpaired) electrons. The highest BCUT2D eigenvalue weighted by Gasteiger charge is 1.94. The van der Waals surface area contributed by atoms with Crippen LogP contribution in [0.1, 0.15) is 6.92 Å². The lowest BCUT2D eigenvalue weighted by Crippen LogP contribution is -2.04. The van der Waals surface area contributed by atoms with E-state index in [-0.39, 0.29) is 6.61 Å². The molecular formula is C4H11NOS. The van der Waals surface area contributed by atoms with Crippen LogP contribution in [0.5, 0.6) is 0 Å². The third-order valence-corrected chi connectivity index (χ3v) is 1.45. The lowest BCUT2D eigenvalue weighted by molar-refractivity contribution is 0.250. The number of rotatable bonds is 3. The maximum absolute atomic E-state index is 8.40. The van der Waals surface area contributed by atoms with Crippen molar-refractivity contribution in [3.63, 3.8) is 0 Å². The summed E-state index contributed by atoms with van der Waals surface area (Å²) in [6.07, 6.45) is 0. The monoisotopic (exact) mass is 121 g/mol. The summed E-state index contributed by atoms with van der Waals surface area (Å²) in [6.45, 7) is 2.20. The van der Waals surface area contributed by atoms with E-state index in [9.17, 15) is 0 Å². The van der Waals surface area contributed by atoms with Crippen LogP contribution in [0.4, 0.5) is 0 Å². The zero-order chi connectivity index (χ0) is 5.70. The van der Waals surface area contributed by atoms with Crippen LogP contribution in [0.15, 0.2) is 0 Å². The average molecular weight is 121 g/mol. The highest BCUT2D eigenvalue weighted by Crippen LogP contribution is 1.98. The highest BCUT2D eigenvalue weighted by atomic mass is 32.2. The third kappa shape index (κ3) is 4.12. The van der Waals surface area contributed by atoms with Crippen molar-refractivity contribution >= 4 is 11.9 Å². The van der Waals surface area contributed by atoms with Gasteiger partial charge >= 0.3 is 0 Å². The summed E-state index contributed by atoms with van der Waals surface area (Å²) in [5, 5.41) is 13.5. The van der Waals surface area contributed by atoms with Gasteiger partial charge in [0.1, 0.15) is 0 Å². The highest BCUT2D eigenvalue weighted by molar-refractivity contribution is 7.97. The zero-order valence-corrected chi connectivity index (χ0v) is 5.24. The first kappa shape index (κ1) is 7.27. The molecule has 0 saturated carbocycles. The second-order valence-corrected chi connectivity index (χ2v) is 2.29. The molecule has 0 rings (SSSR count). The van der Waals surface area contributed by atoms with E-state index >= 15 is 0 Å². The maximum Gasteiger partial charge on any atom is 0.0464 e. The molecule has 0 aliphatic carbocycles. The molecule has 2 nitrogen and oxygen atoms in total. The van der Waals surface area contributed by atoms with Crippen molar-refractivity contribution in [1.29, 1.82) is 0 Å². The molecule has 0 aromatic rings. The summed E-state index contributed by atoms with van der Waals surface area (Å²) in [4.78, 5) is 0. The first-order valence-electron chi connectivity index (χ1n) is 2.23. The second kappa shape index (κ2) is 4.43. The molecule has 0 amide bonds. The maximum atomic E-state index is 8.40. The van der Waals surface area contributed by atoms with E-state index in [0.717, 1.165) is 5.75 Å². The smallest absolute Gasteiger partial charge is 0.0464 e. The summed E-state index contributed by atoms with van der Waals surface area (Å²) >= 11 is 1.27.